The highest BCUT2D eigenvalue weighted by Gasteiger charge is 2.34. The molecule has 0 heterocycles. The monoisotopic (exact) mass is 234 g/mol. The first-order valence-electron chi connectivity index (χ1n) is 4.33. The average Bonchev–Trinajstić information content (AvgIpc) is 2.14. The van der Waals surface area contributed by atoms with E-state index in [-0.39, 0.29) is 0 Å². The summed E-state index contributed by atoms with van der Waals surface area (Å²) < 4.78 is 42.1. The molecule has 88 valence electrons. The van der Waals surface area contributed by atoms with Crippen LogP contribution in [0, 0.1) is 6.92 Å². The number of aliphatic carboxylic acids is 1. The first-order valence-corrected chi connectivity index (χ1v) is 4.33. The SMILES string of the molecule is Cc1ccc(OCC(=O)O)c(C(F)(F)F)c1. The molecule has 0 saturated heterocycles. The van der Waals surface area contributed by atoms with Crippen molar-refractivity contribution in [3.8, 4) is 5.75 Å². The van der Waals surface area contributed by atoms with E-state index in [4.69, 9.17) is 5.11 Å². The molecule has 0 amide bonds. The number of hydrogen-bond donors (Lipinski definition) is 1. The van der Waals surface area contributed by atoms with Crippen LogP contribution in [0.5, 0.6) is 5.75 Å². The fourth-order valence-electron chi connectivity index (χ4n) is 1.13. The second-order valence-corrected chi connectivity index (χ2v) is 3.18. The van der Waals surface area contributed by atoms with Gasteiger partial charge in [-0.2, -0.15) is 13.2 Å². The summed E-state index contributed by atoms with van der Waals surface area (Å²) >= 11 is 0. The number of carboxylic acid groups (broad SMARTS) is 1. The van der Waals surface area contributed by atoms with E-state index in [2.05, 4.69) is 4.74 Å². The molecule has 0 aliphatic heterocycles. The van der Waals surface area contributed by atoms with Crippen LogP contribution in [-0.2, 0) is 11.0 Å². The van der Waals surface area contributed by atoms with E-state index in [1.807, 2.05) is 0 Å². The number of halogens is 3. The molecule has 0 fully saturated rings. The van der Waals surface area contributed by atoms with Crippen molar-refractivity contribution in [1.29, 1.82) is 0 Å². The summed E-state index contributed by atoms with van der Waals surface area (Å²) in [6.07, 6.45) is -4.56. The van der Waals surface area contributed by atoms with Crippen LogP contribution in [0.15, 0.2) is 18.2 Å². The Morgan fingerprint density at radius 3 is 2.56 bits per heavy atom. The van der Waals surface area contributed by atoms with E-state index in [0.29, 0.717) is 5.56 Å². The zero-order valence-electron chi connectivity index (χ0n) is 8.34. The summed E-state index contributed by atoms with van der Waals surface area (Å²) in [4.78, 5) is 10.2. The van der Waals surface area contributed by atoms with Gasteiger partial charge in [0.05, 0.1) is 5.56 Å². The summed E-state index contributed by atoms with van der Waals surface area (Å²) in [6.45, 7) is 0.711. The second kappa shape index (κ2) is 4.42. The predicted octanol–water partition coefficient (Wildman–Crippen LogP) is 2.48. The normalized spacial score (nSPS) is 11.2. The summed E-state index contributed by atoms with van der Waals surface area (Å²) in [7, 11) is 0. The molecule has 0 unspecified atom stereocenters. The van der Waals surface area contributed by atoms with Crippen molar-refractivity contribution >= 4 is 5.97 Å². The fourth-order valence-corrected chi connectivity index (χ4v) is 1.13. The Bertz CT molecular complexity index is 399. The van der Waals surface area contributed by atoms with Gasteiger partial charge in [-0.25, -0.2) is 4.79 Å². The van der Waals surface area contributed by atoms with E-state index in [1.54, 1.807) is 0 Å². The number of ether oxygens (including phenoxy) is 1. The van der Waals surface area contributed by atoms with Crippen LogP contribution in [-0.4, -0.2) is 17.7 Å². The Morgan fingerprint density at radius 2 is 2.06 bits per heavy atom. The smallest absolute Gasteiger partial charge is 0.419 e. The third-order valence-corrected chi connectivity index (χ3v) is 1.79. The zero-order chi connectivity index (χ0) is 12.3. The van der Waals surface area contributed by atoms with Gasteiger partial charge >= 0.3 is 12.1 Å². The lowest BCUT2D eigenvalue weighted by Crippen LogP contribution is -2.14. The fraction of sp³-hybridized carbons (Fsp3) is 0.300. The largest absolute Gasteiger partial charge is 0.481 e. The Labute approximate surface area is 89.5 Å². The van der Waals surface area contributed by atoms with Crippen molar-refractivity contribution in [3.05, 3.63) is 29.3 Å². The van der Waals surface area contributed by atoms with Crippen LogP contribution in [0.2, 0.25) is 0 Å². The van der Waals surface area contributed by atoms with Crippen LogP contribution >= 0.6 is 0 Å². The molecular formula is C10H9F3O3. The van der Waals surface area contributed by atoms with Crippen molar-refractivity contribution < 1.29 is 27.8 Å². The quantitative estimate of drug-likeness (QED) is 0.873. The van der Waals surface area contributed by atoms with Crippen LogP contribution in [0.4, 0.5) is 13.2 Å². The van der Waals surface area contributed by atoms with E-state index >= 15 is 0 Å². The Hall–Kier alpha value is -1.72. The minimum Gasteiger partial charge on any atom is -0.481 e. The van der Waals surface area contributed by atoms with Crippen molar-refractivity contribution in [2.24, 2.45) is 0 Å². The molecule has 6 heteroatoms. The number of carboxylic acids is 1. The highest BCUT2D eigenvalue weighted by Crippen LogP contribution is 2.36. The van der Waals surface area contributed by atoms with E-state index in [0.717, 1.165) is 12.1 Å². The maximum Gasteiger partial charge on any atom is 0.419 e. The lowest BCUT2D eigenvalue weighted by atomic mass is 10.1. The molecule has 1 rings (SSSR count). The van der Waals surface area contributed by atoms with Crippen molar-refractivity contribution in [3.63, 3.8) is 0 Å². The van der Waals surface area contributed by atoms with Crippen molar-refractivity contribution in [1.82, 2.24) is 0 Å². The summed E-state index contributed by atoms with van der Waals surface area (Å²) in [6, 6.07) is 3.45. The van der Waals surface area contributed by atoms with Crippen LogP contribution in [0.3, 0.4) is 0 Å². The standard InChI is InChI=1S/C10H9F3O3/c1-6-2-3-8(16-5-9(14)15)7(4-6)10(11,12)13/h2-4H,5H2,1H3,(H,14,15). The third-order valence-electron chi connectivity index (χ3n) is 1.79. The van der Waals surface area contributed by atoms with Gasteiger partial charge < -0.3 is 9.84 Å². The van der Waals surface area contributed by atoms with E-state index in [9.17, 15) is 18.0 Å². The van der Waals surface area contributed by atoms with E-state index in [1.165, 1.54) is 13.0 Å². The highest BCUT2D eigenvalue weighted by molar-refractivity contribution is 5.68. The molecule has 0 aliphatic carbocycles. The van der Waals surface area contributed by atoms with Crippen LogP contribution in [0.25, 0.3) is 0 Å². The molecule has 0 saturated carbocycles. The molecule has 0 atom stereocenters. The molecule has 0 aromatic heterocycles. The van der Waals surface area contributed by atoms with Gasteiger partial charge in [0.25, 0.3) is 0 Å². The molecule has 16 heavy (non-hydrogen) atoms. The van der Waals surface area contributed by atoms with Gasteiger partial charge in [0.15, 0.2) is 6.61 Å². The van der Waals surface area contributed by atoms with Gasteiger partial charge in [0.2, 0.25) is 0 Å². The van der Waals surface area contributed by atoms with Crippen LogP contribution < -0.4 is 4.74 Å². The Balaban J connectivity index is 3.03. The third kappa shape index (κ3) is 3.15. The van der Waals surface area contributed by atoms with Gasteiger partial charge in [-0.1, -0.05) is 11.6 Å². The molecule has 0 aliphatic rings. The molecule has 1 aromatic carbocycles. The second-order valence-electron chi connectivity index (χ2n) is 3.18. The van der Waals surface area contributed by atoms with Gasteiger partial charge in [-0.05, 0) is 19.1 Å². The number of hydrogen-bond acceptors (Lipinski definition) is 2. The number of aryl methyl sites for hydroxylation is 1. The minimum absolute atomic E-state index is 0.426. The molecule has 1 N–H and O–H groups in total. The van der Waals surface area contributed by atoms with E-state index < -0.39 is 30.1 Å². The zero-order valence-corrected chi connectivity index (χ0v) is 8.34. The Kier molecular flexibility index (Phi) is 3.41. The van der Waals surface area contributed by atoms with Gasteiger partial charge in [0.1, 0.15) is 5.75 Å². The molecule has 0 radical (unpaired) electrons. The lowest BCUT2D eigenvalue weighted by Gasteiger charge is -2.13. The molecule has 0 spiro atoms. The van der Waals surface area contributed by atoms with Gasteiger partial charge in [-0.3, -0.25) is 0 Å². The van der Waals surface area contributed by atoms with Gasteiger partial charge in [0, 0.05) is 0 Å². The summed E-state index contributed by atoms with van der Waals surface area (Å²) in [5.74, 6) is -1.80. The highest BCUT2D eigenvalue weighted by atomic mass is 19.4. The summed E-state index contributed by atoms with van der Waals surface area (Å²) in [5.41, 5.74) is -0.538. The maximum atomic E-state index is 12.5. The molecule has 1 aromatic rings. The number of carbonyl (C=O) groups is 1. The minimum atomic E-state index is -4.56. The molecular weight excluding hydrogens is 225 g/mol. The number of alkyl halides is 3. The molecule has 0 bridgehead atoms. The first kappa shape index (κ1) is 12.4. The van der Waals surface area contributed by atoms with Crippen molar-refractivity contribution in [2.75, 3.05) is 6.61 Å². The van der Waals surface area contributed by atoms with Gasteiger partial charge in [-0.15, -0.1) is 0 Å². The summed E-state index contributed by atoms with van der Waals surface area (Å²) in [5, 5.41) is 8.32. The van der Waals surface area contributed by atoms with Crippen LogP contribution in [0.1, 0.15) is 11.1 Å². The average molecular weight is 234 g/mol. The van der Waals surface area contributed by atoms with Crippen molar-refractivity contribution in [2.45, 2.75) is 13.1 Å². The molecule has 3 nitrogen and oxygen atoms in total. The maximum absolute atomic E-state index is 12.5. The lowest BCUT2D eigenvalue weighted by molar-refractivity contribution is -0.143. The number of rotatable bonds is 3. The predicted molar refractivity (Wildman–Crippen MR) is 49.3 cm³/mol. The topological polar surface area (TPSA) is 46.5 Å². The number of benzene rings is 1. The first-order chi connectivity index (χ1) is 7.30. The Morgan fingerprint density at radius 1 is 1.44 bits per heavy atom.